The average Bonchev–Trinajstić information content (AvgIpc) is 3.27. The van der Waals surface area contributed by atoms with Gasteiger partial charge in [0.1, 0.15) is 17.0 Å². The zero-order valence-corrected chi connectivity index (χ0v) is 23.3. The molecule has 10 nitrogen and oxygen atoms in total. The van der Waals surface area contributed by atoms with Crippen molar-refractivity contribution in [2.75, 3.05) is 18.5 Å². The first-order valence-electron chi connectivity index (χ1n) is 13.3. The summed E-state index contributed by atoms with van der Waals surface area (Å²) in [6.07, 6.45) is -3.18. The number of H-pyrrole nitrogens is 1. The fourth-order valence-electron chi connectivity index (χ4n) is 4.94. The molecule has 2 aromatic heterocycles. The molecule has 0 radical (unpaired) electrons. The number of benzene rings is 1. The van der Waals surface area contributed by atoms with E-state index < -0.39 is 41.0 Å². The third kappa shape index (κ3) is 6.55. The van der Waals surface area contributed by atoms with Crippen LogP contribution in [0.5, 0.6) is 0 Å². The van der Waals surface area contributed by atoms with E-state index in [1.54, 1.807) is 38.4 Å². The Morgan fingerprint density at radius 2 is 2.00 bits per heavy atom. The van der Waals surface area contributed by atoms with Gasteiger partial charge in [-0.3, -0.25) is 9.48 Å². The van der Waals surface area contributed by atoms with Crippen LogP contribution in [0.1, 0.15) is 58.6 Å². The number of hydrogen-bond donors (Lipinski definition) is 3. The van der Waals surface area contributed by atoms with Crippen LogP contribution >= 0.6 is 0 Å². The number of ether oxygens (including phenoxy) is 2. The minimum atomic E-state index is -4.47. The number of aromatic amines is 1. The number of anilines is 2. The van der Waals surface area contributed by atoms with Gasteiger partial charge in [-0.25, -0.2) is 4.79 Å². The number of esters is 1. The van der Waals surface area contributed by atoms with Crippen LogP contribution in [-0.4, -0.2) is 51.8 Å². The Kier molecular flexibility index (Phi) is 8.46. The number of alkyl halides is 3. The number of rotatable bonds is 8. The molecule has 3 unspecified atom stereocenters. The summed E-state index contributed by atoms with van der Waals surface area (Å²) in [6, 6.07) is 7.69. The summed E-state index contributed by atoms with van der Waals surface area (Å²) < 4.78 is 53.4. The second kappa shape index (κ2) is 11.5. The fourth-order valence-corrected chi connectivity index (χ4v) is 4.94. The lowest BCUT2D eigenvalue weighted by Gasteiger charge is -2.39. The van der Waals surface area contributed by atoms with E-state index in [0.717, 1.165) is 0 Å². The van der Waals surface area contributed by atoms with E-state index in [1.807, 2.05) is 0 Å². The van der Waals surface area contributed by atoms with Gasteiger partial charge in [-0.05, 0) is 63.9 Å². The molecular formula is C28H33F3N6O4. The lowest BCUT2D eigenvalue weighted by atomic mass is 9.87. The number of nitrogens with one attached hydrogen (secondary N) is 3. The minimum absolute atomic E-state index is 0.00495. The zero-order chi connectivity index (χ0) is 30.0. The lowest BCUT2D eigenvalue weighted by molar-refractivity contribution is -0.176. The van der Waals surface area contributed by atoms with Crippen LogP contribution in [0.15, 0.2) is 41.3 Å². The van der Waals surface area contributed by atoms with Gasteiger partial charge in [0, 0.05) is 11.9 Å². The molecular weight excluding hydrogens is 541 g/mol. The Labute approximate surface area is 234 Å². The third-order valence-electron chi connectivity index (χ3n) is 6.80. The lowest BCUT2D eigenvalue weighted by Crippen LogP contribution is -2.47. The van der Waals surface area contributed by atoms with E-state index in [9.17, 15) is 28.0 Å². The summed E-state index contributed by atoms with van der Waals surface area (Å²) >= 11 is 0. The van der Waals surface area contributed by atoms with Crippen molar-refractivity contribution >= 4 is 28.4 Å². The second-order valence-corrected chi connectivity index (χ2v) is 11.0. The third-order valence-corrected chi connectivity index (χ3v) is 6.80. The molecule has 1 aromatic carbocycles. The summed E-state index contributed by atoms with van der Waals surface area (Å²) in [6.45, 7) is 7.01. The SMILES string of the molecule is CCNC(c1ccc(Nc2nn(C3(CC#N)CCC(C(=O)OC(C)(C)C)OC3)c3cc[nH]c(=O)c23)cc1)C(F)(F)F. The normalized spacial score (nSPS) is 20.4. The van der Waals surface area contributed by atoms with Gasteiger partial charge in [-0.15, -0.1) is 0 Å². The number of halogens is 3. The highest BCUT2D eigenvalue weighted by Gasteiger charge is 2.43. The van der Waals surface area contributed by atoms with Crippen LogP contribution in [-0.2, 0) is 19.8 Å². The number of nitrogens with zero attached hydrogens (tertiary/aromatic N) is 3. The van der Waals surface area contributed by atoms with Gasteiger partial charge in [-0.2, -0.15) is 23.5 Å². The molecule has 0 spiro atoms. The number of hydrogen-bond acceptors (Lipinski definition) is 8. The van der Waals surface area contributed by atoms with Gasteiger partial charge in [-0.1, -0.05) is 19.1 Å². The smallest absolute Gasteiger partial charge is 0.407 e. The molecule has 3 atom stereocenters. The monoisotopic (exact) mass is 574 g/mol. The van der Waals surface area contributed by atoms with Crippen LogP contribution in [0, 0.1) is 11.3 Å². The van der Waals surface area contributed by atoms with Gasteiger partial charge in [0.15, 0.2) is 11.9 Å². The summed E-state index contributed by atoms with van der Waals surface area (Å²) in [5.74, 6) is -0.322. The van der Waals surface area contributed by atoms with Gasteiger partial charge >= 0.3 is 12.1 Å². The number of carbonyl (C=O) groups is 1. The van der Waals surface area contributed by atoms with Crippen LogP contribution in [0.2, 0.25) is 0 Å². The summed E-state index contributed by atoms with van der Waals surface area (Å²) in [5, 5.41) is 20.1. The van der Waals surface area contributed by atoms with Crippen molar-refractivity contribution < 1.29 is 27.4 Å². The van der Waals surface area contributed by atoms with E-state index >= 15 is 0 Å². The summed E-state index contributed by atoms with van der Waals surface area (Å²) in [7, 11) is 0. The molecule has 0 amide bonds. The van der Waals surface area contributed by atoms with Gasteiger partial charge in [0.25, 0.3) is 5.56 Å². The van der Waals surface area contributed by atoms with Gasteiger partial charge in [0.05, 0.1) is 30.2 Å². The molecule has 1 fully saturated rings. The van der Waals surface area contributed by atoms with E-state index in [2.05, 4.69) is 26.8 Å². The van der Waals surface area contributed by atoms with Crippen molar-refractivity contribution in [1.82, 2.24) is 20.1 Å². The highest BCUT2D eigenvalue weighted by Crippen LogP contribution is 2.38. The van der Waals surface area contributed by atoms with Crippen molar-refractivity contribution in [2.24, 2.45) is 0 Å². The molecule has 0 bridgehead atoms. The molecule has 3 N–H and O–H groups in total. The maximum absolute atomic E-state index is 13.5. The van der Waals surface area contributed by atoms with Crippen molar-refractivity contribution in [3.63, 3.8) is 0 Å². The van der Waals surface area contributed by atoms with Crippen molar-refractivity contribution in [3.05, 3.63) is 52.4 Å². The highest BCUT2D eigenvalue weighted by molar-refractivity contribution is 5.91. The first-order chi connectivity index (χ1) is 19.3. The van der Waals surface area contributed by atoms with Crippen LogP contribution in [0.4, 0.5) is 24.7 Å². The number of fused-ring (bicyclic) bond motifs is 1. The molecule has 1 saturated heterocycles. The largest absolute Gasteiger partial charge is 0.458 e. The van der Waals surface area contributed by atoms with Crippen LogP contribution < -0.4 is 16.2 Å². The average molecular weight is 575 g/mol. The standard InChI is InChI=1S/C28H33F3N6O4/c1-5-33-22(28(29,30)31)17-6-8-18(9-7-17)35-23-21-19(11-15-34-24(21)38)37(36-23)27(13-14-32)12-10-20(40-16-27)25(39)41-26(2,3)4/h6-9,11,15,20,22,33H,5,10,12-13,16H2,1-4H3,(H,34,38)(H,35,36). The molecule has 220 valence electrons. The quantitative estimate of drug-likeness (QED) is 0.327. The van der Waals surface area contributed by atoms with E-state index in [-0.39, 0.29) is 42.8 Å². The summed E-state index contributed by atoms with van der Waals surface area (Å²) in [5.41, 5.74) is -1.20. The maximum Gasteiger partial charge on any atom is 0.407 e. The summed E-state index contributed by atoms with van der Waals surface area (Å²) in [4.78, 5) is 28.1. The Morgan fingerprint density at radius 3 is 2.56 bits per heavy atom. The van der Waals surface area contributed by atoms with Crippen LogP contribution in [0.25, 0.3) is 10.9 Å². The van der Waals surface area contributed by atoms with Gasteiger partial charge < -0.3 is 25.1 Å². The van der Waals surface area contributed by atoms with Crippen molar-refractivity contribution in [2.45, 2.75) is 76.4 Å². The minimum Gasteiger partial charge on any atom is -0.458 e. The number of aromatic nitrogens is 3. The Balaban J connectivity index is 1.66. The zero-order valence-electron chi connectivity index (χ0n) is 23.3. The van der Waals surface area contributed by atoms with Crippen LogP contribution in [0.3, 0.4) is 0 Å². The molecule has 13 heteroatoms. The topological polar surface area (TPSA) is 134 Å². The van der Waals surface area contributed by atoms with E-state index in [4.69, 9.17) is 9.47 Å². The molecule has 1 aliphatic heterocycles. The Bertz CT molecular complexity index is 1480. The van der Waals surface area contributed by atoms with Crippen molar-refractivity contribution in [1.29, 1.82) is 5.26 Å². The number of pyridine rings is 1. The number of nitriles is 1. The second-order valence-electron chi connectivity index (χ2n) is 11.0. The van der Waals surface area contributed by atoms with Crippen molar-refractivity contribution in [3.8, 4) is 6.07 Å². The molecule has 3 aromatic rings. The predicted molar refractivity (Wildman–Crippen MR) is 146 cm³/mol. The Morgan fingerprint density at radius 1 is 1.29 bits per heavy atom. The van der Waals surface area contributed by atoms with E-state index in [0.29, 0.717) is 17.6 Å². The first kappa shape index (κ1) is 30.1. The molecule has 0 aliphatic carbocycles. The molecule has 4 rings (SSSR count). The molecule has 41 heavy (non-hydrogen) atoms. The predicted octanol–water partition coefficient (Wildman–Crippen LogP) is 4.81. The Hall–Kier alpha value is -3.89. The molecule has 3 heterocycles. The van der Waals surface area contributed by atoms with E-state index in [1.165, 1.54) is 30.5 Å². The first-order valence-corrected chi connectivity index (χ1v) is 13.3. The molecule has 1 aliphatic rings. The molecule has 0 saturated carbocycles. The number of carbonyl (C=O) groups excluding carboxylic acids is 1. The highest BCUT2D eigenvalue weighted by atomic mass is 19.4. The maximum atomic E-state index is 13.5. The van der Waals surface area contributed by atoms with Gasteiger partial charge in [0.2, 0.25) is 0 Å². The fraction of sp³-hybridized carbons (Fsp3) is 0.500.